The number of hydrogen-bond acceptors (Lipinski definition) is 8. The van der Waals surface area contributed by atoms with E-state index in [1.165, 1.54) is 41.3 Å². The largest absolute Gasteiger partial charge is 0.487 e. The Morgan fingerprint density at radius 1 is 1.54 bits per heavy atom. The number of carbonyl (C=O) groups is 1. The molecule has 1 amide bonds. The number of nitro groups is 1. The number of nitro benzene ring substituents is 1. The molecule has 0 aliphatic rings. The van der Waals surface area contributed by atoms with Gasteiger partial charge in [-0.3, -0.25) is 20.2 Å². The SMILES string of the molecule is C=CCSc1nnc(NC(=O)c2ccc(OCC)c([N+](=O)[O-])c2)s1. The second-order valence-electron chi connectivity index (χ2n) is 4.30. The summed E-state index contributed by atoms with van der Waals surface area (Å²) in [6.45, 7) is 5.63. The van der Waals surface area contributed by atoms with Gasteiger partial charge in [-0.05, 0) is 19.1 Å². The van der Waals surface area contributed by atoms with Gasteiger partial charge in [0, 0.05) is 17.4 Å². The molecular formula is C14H14N4O4S2. The second-order valence-corrected chi connectivity index (χ2v) is 6.54. The number of nitrogens with zero attached hydrogens (tertiary/aromatic N) is 3. The van der Waals surface area contributed by atoms with E-state index in [0.717, 1.165) is 0 Å². The van der Waals surface area contributed by atoms with Crippen molar-refractivity contribution >= 4 is 39.8 Å². The molecule has 0 aliphatic carbocycles. The molecule has 2 rings (SSSR count). The summed E-state index contributed by atoms with van der Waals surface area (Å²) >= 11 is 2.67. The fourth-order valence-electron chi connectivity index (χ4n) is 1.70. The quantitative estimate of drug-likeness (QED) is 0.251. The lowest BCUT2D eigenvalue weighted by Crippen LogP contribution is -2.12. The van der Waals surface area contributed by atoms with Crippen LogP contribution in [0.3, 0.4) is 0 Å². The van der Waals surface area contributed by atoms with E-state index in [1.807, 2.05) is 0 Å². The van der Waals surface area contributed by atoms with Crippen LogP contribution in [0.4, 0.5) is 10.8 Å². The monoisotopic (exact) mass is 366 g/mol. The highest BCUT2D eigenvalue weighted by Crippen LogP contribution is 2.29. The minimum absolute atomic E-state index is 0.123. The number of ether oxygens (including phenoxy) is 1. The Labute approximate surface area is 146 Å². The lowest BCUT2D eigenvalue weighted by Gasteiger charge is -2.06. The summed E-state index contributed by atoms with van der Waals surface area (Å²) in [4.78, 5) is 22.7. The van der Waals surface area contributed by atoms with Crippen molar-refractivity contribution in [2.24, 2.45) is 0 Å². The maximum absolute atomic E-state index is 12.2. The number of anilines is 1. The smallest absolute Gasteiger partial charge is 0.311 e. The highest BCUT2D eigenvalue weighted by Gasteiger charge is 2.19. The van der Waals surface area contributed by atoms with Gasteiger partial charge < -0.3 is 4.74 Å². The van der Waals surface area contributed by atoms with Gasteiger partial charge in [-0.25, -0.2) is 0 Å². The van der Waals surface area contributed by atoms with E-state index in [0.29, 0.717) is 21.8 Å². The predicted molar refractivity (Wildman–Crippen MR) is 93.0 cm³/mol. The van der Waals surface area contributed by atoms with Crippen molar-refractivity contribution in [3.63, 3.8) is 0 Å². The third-order valence-corrected chi connectivity index (χ3v) is 4.64. The van der Waals surface area contributed by atoms with Crippen LogP contribution < -0.4 is 10.1 Å². The summed E-state index contributed by atoms with van der Waals surface area (Å²) in [5, 5.41) is 21.8. The molecule has 0 fully saturated rings. The lowest BCUT2D eigenvalue weighted by atomic mass is 10.2. The van der Waals surface area contributed by atoms with E-state index < -0.39 is 10.8 Å². The molecule has 1 aromatic carbocycles. The molecule has 0 saturated heterocycles. The summed E-state index contributed by atoms with van der Waals surface area (Å²) in [6, 6.07) is 4.04. The second kappa shape index (κ2) is 8.41. The molecule has 0 unspecified atom stereocenters. The fourth-order valence-corrected chi connectivity index (χ4v) is 3.21. The van der Waals surface area contributed by atoms with E-state index in [4.69, 9.17) is 4.74 Å². The summed E-state index contributed by atoms with van der Waals surface area (Å²) < 4.78 is 5.88. The highest BCUT2D eigenvalue weighted by molar-refractivity contribution is 8.01. The van der Waals surface area contributed by atoms with Crippen LogP contribution in [0.15, 0.2) is 35.2 Å². The van der Waals surface area contributed by atoms with Crippen molar-refractivity contribution in [2.45, 2.75) is 11.3 Å². The zero-order chi connectivity index (χ0) is 17.5. The van der Waals surface area contributed by atoms with Gasteiger partial charge in [0.2, 0.25) is 5.13 Å². The summed E-state index contributed by atoms with van der Waals surface area (Å²) in [5.41, 5.74) is -0.121. The first-order chi connectivity index (χ1) is 11.5. The van der Waals surface area contributed by atoms with Gasteiger partial charge in [-0.15, -0.1) is 16.8 Å². The van der Waals surface area contributed by atoms with Crippen molar-refractivity contribution < 1.29 is 14.5 Å². The maximum atomic E-state index is 12.2. The van der Waals surface area contributed by atoms with E-state index in [9.17, 15) is 14.9 Å². The molecule has 0 atom stereocenters. The third-order valence-electron chi connectivity index (χ3n) is 2.67. The van der Waals surface area contributed by atoms with Gasteiger partial charge in [0.15, 0.2) is 10.1 Å². The summed E-state index contributed by atoms with van der Waals surface area (Å²) in [5.74, 6) is 0.309. The fraction of sp³-hybridized carbons (Fsp3) is 0.214. The molecule has 1 heterocycles. The first kappa shape index (κ1) is 17.9. The van der Waals surface area contributed by atoms with Crippen molar-refractivity contribution in [2.75, 3.05) is 17.7 Å². The molecule has 1 N–H and O–H groups in total. The van der Waals surface area contributed by atoms with E-state index in [-0.39, 0.29) is 17.0 Å². The molecule has 24 heavy (non-hydrogen) atoms. The van der Waals surface area contributed by atoms with Gasteiger partial charge in [-0.2, -0.15) is 0 Å². The van der Waals surface area contributed by atoms with Crippen LogP contribution in [0.25, 0.3) is 0 Å². The molecule has 126 valence electrons. The number of rotatable bonds is 8. The minimum Gasteiger partial charge on any atom is -0.487 e. The summed E-state index contributed by atoms with van der Waals surface area (Å²) in [7, 11) is 0. The van der Waals surface area contributed by atoms with Gasteiger partial charge in [0.1, 0.15) is 0 Å². The first-order valence-corrected chi connectivity index (χ1v) is 8.65. The zero-order valence-electron chi connectivity index (χ0n) is 12.7. The van der Waals surface area contributed by atoms with Gasteiger partial charge in [0.05, 0.1) is 11.5 Å². The average molecular weight is 366 g/mol. The molecule has 0 saturated carbocycles. The normalized spacial score (nSPS) is 10.2. The molecular weight excluding hydrogens is 352 g/mol. The van der Waals surface area contributed by atoms with Crippen molar-refractivity contribution in [1.82, 2.24) is 10.2 Å². The third kappa shape index (κ3) is 4.52. The Bertz CT molecular complexity index is 763. The standard InChI is InChI=1S/C14H14N4O4S2/c1-3-7-23-14-17-16-13(24-14)15-12(19)9-5-6-11(22-4-2)10(8-9)18(20)21/h3,5-6,8H,1,4,7H2,2H3,(H,15,16,19). The molecule has 1 aromatic heterocycles. The molecule has 0 radical (unpaired) electrons. The molecule has 10 heteroatoms. The number of hydrogen-bond donors (Lipinski definition) is 1. The minimum atomic E-state index is -0.587. The van der Waals surface area contributed by atoms with E-state index in [2.05, 4.69) is 22.1 Å². The van der Waals surface area contributed by atoms with Gasteiger partial charge in [-0.1, -0.05) is 29.2 Å². The Morgan fingerprint density at radius 3 is 3.00 bits per heavy atom. The molecule has 0 bridgehead atoms. The van der Waals surface area contributed by atoms with Crippen LogP contribution in [0.1, 0.15) is 17.3 Å². The Morgan fingerprint density at radius 2 is 2.33 bits per heavy atom. The molecule has 0 aliphatic heterocycles. The number of nitrogens with one attached hydrogen (secondary N) is 1. The Hall–Kier alpha value is -2.46. The van der Waals surface area contributed by atoms with Crippen molar-refractivity contribution in [1.29, 1.82) is 0 Å². The number of amides is 1. The number of carbonyl (C=O) groups excluding carboxylic acids is 1. The lowest BCUT2D eigenvalue weighted by molar-refractivity contribution is -0.385. The van der Waals surface area contributed by atoms with Gasteiger partial charge >= 0.3 is 5.69 Å². The number of thioether (sulfide) groups is 1. The van der Waals surface area contributed by atoms with Crippen LogP contribution in [-0.2, 0) is 0 Å². The van der Waals surface area contributed by atoms with Crippen molar-refractivity contribution in [3.05, 3.63) is 46.5 Å². The summed E-state index contributed by atoms with van der Waals surface area (Å²) in [6.07, 6.45) is 1.74. The van der Waals surface area contributed by atoms with Crippen LogP contribution in [0.5, 0.6) is 5.75 Å². The average Bonchev–Trinajstić information content (AvgIpc) is 3.00. The first-order valence-electron chi connectivity index (χ1n) is 6.85. The van der Waals surface area contributed by atoms with E-state index in [1.54, 1.807) is 13.0 Å². The van der Waals surface area contributed by atoms with Crippen LogP contribution in [0, 0.1) is 10.1 Å². The van der Waals surface area contributed by atoms with Crippen molar-refractivity contribution in [3.8, 4) is 5.75 Å². The number of aromatic nitrogens is 2. The zero-order valence-corrected chi connectivity index (χ0v) is 14.4. The van der Waals surface area contributed by atoms with Crippen LogP contribution in [0.2, 0.25) is 0 Å². The predicted octanol–water partition coefficient (Wildman–Crippen LogP) is 3.38. The highest BCUT2D eigenvalue weighted by atomic mass is 32.2. The topological polar surface area (TPSA) is 107 Å². The molecule has 2 aromatic rings. The Kier molecular flexibility index (Phi) is 6.27. The van der Waals surface area contributed by atoms with Crippen LogP contribution in [-0.4, -0.2) is 33.4 Å². The molecule has 8 nitrogen and oxygen atoms in total. The van der Waals surface area contributed by atoms with Gasteiger partial charge in [0.25, 0.3) is 5.91 Å². The Balaban J connectivity index is 2.14. The number of benzene rings is 1. The maximum Gasteiger partial charge on any atom is 0.311 e. The van der Waals surface area contributed by atoms with E-state index >= 15 is 0 Å². The van der Waals surface area contributed by atoms with Crippen LogP contribution >= 0.6 is 23.1 Å². The molecule has 0 spiro atoms.